The van der Waals surface area contributed by atoms with Crippen LogP contribution in [0.1, 0.15) is 5.56 Å². The predicted molar refractivity (Wildman–Crippen MR) is 66.6 cm³/mol. The first kappa shape index (κ1) is 11.9. The van der Waals surface area contributed by atoms with Crippen LogP contribution in [-0.4, -0.2) is 14.8 Å². The van der Waals surface area contributed by atoms with Gasteiger partial charge in [-0.15, -0.1) is 0 Å². The summed E-state index contributed by atoms with van der Waals surface area (Å²) in [5, 5.41) is 13.3. The van der Waals surface area contributed by atoms with Gasteiger partial charge in [-0.25, -0.2) is 4.98 Å². The maximum Gasteiger partial charge on any atom is 0.264 e. The molecule has 0 saturated carbocycles. The van der Waals surface area contributed by atoms with E-state index in [-0.39, 0.29) is 0 Å². The molecule has 0 radical (unpaired) electrons. The minimum atomic E-state index is -0.456. The number of nitro groups is 1. The zero-order chi connectivity index (χ0) is 12.3. The summed E-state index contributed by atoms with van der Waals surface area (Å²) in [6, 6.07) is 3.54. The molecule has 0 atom stereocenters. The first-order valence-electron chi connectivity index (χ1n) is 4.71. The van der Waals surface area contributed by atoms with Crippen LogP contribution in [0.4, 0.5) is 0 Å². The molecular formula is C10H8ClN3O2S. The second-order valence-electron chi connectivity index (χ2n) is 3.27. The monoisotopic (exact) mass is 269 g/mol. The van der Waals surface area contributed by atoms with Gasteiger partial charge in [-0.3, -0.25) is 10.1 Å². The molecule has 1 aromatic rings. The lowest BCUT2D eigenvalue weighted by Gasteiger charge is -2.15. The minimum Gasteiger partial charge on any atom is -0.332 e. The molecule has 88 valence electrons. The highest BCUT2D eigenvalue weighted by Gasteiger charge is 2.16. The van der Waals surface area contributed by atoms with Crippen molar-refractivity contribution in [1.82, 2.24) is 9.88 Å². The summed E-state index contributed by atoms with van der Waals surface area (Å²) in [6.45, 7) is 0.535. The number of hydrogen-bond donors (Lipinski definition) is 0. The predicted octanol–water partition coefficient (Wildman–Crippen LogP) is 2.83. The Hall–Kier alpha value is -1.53. The highest BCUT2D eigenvalue weighted by molar-refractivity contribution is 8.06. The van der Waals surface area contributed by atoms with E-state index in [2.05, 4.69) is 4.98 Å². The van der Waals surface area contributed by atoms with Crippen LogP contribution in [0.5, 0.6) is 0 Å². The molecule has 2 rings (SSSR count). The van der Waals surface area contributed by atoms with Crippen molar-refractivity contribution in [1.29, 1.82) is 0 Å². The lowest BCUT2D eigenvalue weighted by Crippen LogP contribution is -2.12. The number of hydrogen-bond acceptors (Lipinski definition) is 5. The Morgan fingerprint density at radius 2 is 2.41 bits per heavy atom. The molecule has 0 aromatic carbocycles. The summed E-state index contributed by atoms with van der Waals surface area (Å²) >= 11 is 7.00. The molecule has 1 aliphatic heterocycles. The Bertz CT molecular complexity index is 487. The molecule has 0 bridgehead atoms. The van der Waals surface area contributed by atoms with E-state index in [4.69, 9.17) is 11.6 Å². The van der Waals surface area contributed by atoms with Crippen molar-refractivity contribution >= 4 is 23.4 Å². The Morgan fingerprint density at radius 3 is 3.06 bits per heavy atom. The number of aromatic nitrogens is 1. The van der Waals surface area contributed by atoms with Crippen LogP contribution in [0, 0.1) is 10.1 Å². The van der Waals surface area contributed by atoms with E-state index in [9.17, 15) is 10.1 Å². The molecular weight excluding hydrogens is 262 g/mol. The third kappa shape index (κ3) is 3.21. The summed E-state index contributed by atoms with van der Waals surface area (Å²) in [4.78, 5) is 15.7. The molecule has 1 aromatic heterocycles. The molecule has 0 amide bonds. The highest BCUT2D eigenvalue weighted by atomic mass is 35.5. The van der Waals surface area contributed by atoms with Crippen LogP contribution in [-0.2, 0) is 6.54 Å². The van der Waals surface area contributed by atoms with Crippen LogP contribution in [0.3, 0.4) is 0 Å². The molecule has 1 aliphatic rings. The van der Waals surface area contributed by atoms with Gasteiger partial charge in [-0.05, 0) is 17.0 Å². The first-order valence-corrected chi connectivity index (χ1v) is 5.96. The Labute approximate surface area is 107 Å². The minimum absolute atomic E-state index is 0.432. The largest absolute Gasteiger partial charge is 0.332 e. The fourth-order valence-corrected chi connectivity index (χ4v) is 2.20. The van der Waals surface area contributed by atoms with Crippen LogP contribution in [0.2, 0.25) is 5.15 Å². The summed E-state index contributed by atoms with van der Waals surface area (Å²) < 4.78 is 0. The van der Waals surface area contributed by atoms with E-state index < -0.39 is 4.92 Å². The van der Waals surface area contributed by atoms with Crippen molar-refractivity contribution < 1.29 is 4.92 Å². The van der Waals surface area contributed by atoms with Gasteiger partial charge in [0.05, 0.1) is 4.92 Å². The number of pyridine rings is 1. The van der Waals surface area contributed by atoms with Crippen molar-refractivity contribution in [2.75, 3.05) is 0 Å². The Morgan fingerprint density at radius 1 is 1.59 bits per heavy atom. The number of rotatable bonds is 3. The van der Waals surface area contributed by atoms with Gasteiger partial charge in [0.15, 0.2) is 5.03 Å². The molecule has 0 aliphatic carbocycles. The van der Waals surface area contributed by atoms with E-state index in [0.29, 0.717) is 16.7 Å². The summed E-state index contributed by atoms with van der Waals surface area (Å²) in [6.07, 6.45) is 4.45. The van der Waals surface area contributed by atoms with Gasteiger partial charge in [0.1, 0.15) is 5.15 Å². The zero-order valence-electron chi connectivity index (χ0n) is 8.62. The maximum absolute atomic E-state index is 10.4. The van der Waals surface area contributed by atoms with Crippen LogP contribution < -0.4 is 0 Å². The third-order valence-electron chi connectivity index (χ3n) is 2.07. The SMILES string of the molecule is O=[N+]([O-])/C=C1/SC=CN1Cc1ccc(Cl)nc1. The fraction of sp³-hybridized carbons (Fsp3) is 0.100. The Balaban J connectivity index is 2.10. The van der Waals surface area contributed by atoms with E-state index in [1.165, 1.54) is 11.8 Å². The van der Waals surface area contributed by atoms with Crippen molar-refractivity contribution in [2.45, 2.75) is 6.54 Å². The molecule has 0 spiro atoms. The molecule has 0 fully saturated rings. The molecule has 7 heteroatoms. The molecule has 0 unspecified atom stereocenters. The Kier molecular flexibility index (Phi) is 3.65. The van der Waals surface area contributed by atoms with Gasteiger partial charge < -0.3 is 4.90 Å². The van der Waals surface area contributed by atoms with Crippen LogP contribution in [0.15, 0.2) is 41.2 Å². The quantitative estimate of drug-likeness (QED) is 0.480. The number of thioether (sulfide) groups is 1. The van der Waals surface area contributed by atoms with Gasteiger partial charge in [0.2, 0.25) is 0 Å². The second-order valence-corrected chi connectivity index (χ2v) is 4.59. The second kappa shape index (κ2) is 5.20. The third-order valence-corrected chi connectivity index (χ3v) is 3.13. The zero-order valence-corrected chi connectivity index (χ0v) is 10.2. The van der Waals surface area contributed by atoms with E-state index in [1.807, 2.05) is 6.07 Å². The van der Waals surface area contributed by atoms with Gasteiger partial charge in [-0.1, -0.05) is 29.4 Å². The van der Waals surface area contributed by atoms with Crippen molar-refractivity contribution in [2.24, 2.45) is 0 Å². The summed E-state index contributed by atoms with van der Waals surface area (Å²) in [5.41, 5.74) is 0.941. The maximum atomic E-state index is 10.4. The number of halogens is 1. The smallest absolute Gasteiger partial charge is 0.264 e. The fourth-order valence-electron chi connectivity index (χ4n) is 1.34. The van der Waals surface area contributed by atoms with Gasteiger partial charge in [0, 0.05) is 18.9 Å². The molecule has 2 heterocycles. The first-order chi connectivity index (χ1) is 8.15. The van der Waals surface area contributed by atoms with Crippen molar-refractivity contribution in [3.05, 3.63) is 62.0 Å². The van der Waals surface area contributed by atoms with Gasteiger partial charge >= 0.3 is 0 Å². The average Bonchev–Trinajstić information content (AvgIpc) is 2.68. The van der Waals surface area contributed by atoms with E-state index in [1.54, 1.807) is 28.8 Å². The van der Waals surface area contributed by atoms with Gasteiger partial charge in [0.25, 0.3) is 6.20 Å². The van der Waals surface area contributed by atoms with Crippen LogP contribution >= 0.6 is 23.4 Å². The van der Waals surface area contributed by atoms with E-state index >= 15 is 0 Å². The lowest BCUT2D eigenvalue weighted by atomic mass is 10.3. The molecule has 5 nitrogen and oxygen atoms in total. The van der Waals surface area contributed by atoms with E-state index in [0.717, 1.165) is 11.8 Å². The van der Waals surface area contributed by atoms with Gasteiger partial charge in [-0.2, -0.15) is 0 Å². The molecule has 0 saturated heterocycles. The van der Waals surface area contributed by atoms with Crippen LogP contribution in [0.25, 0.3) is 0 Å². The highest BCUT2D eigenvalue weighted by Crippen LogP contribution is 2.30. The summed E-state index contributed by atoms with van der Waals surface area (Å²) in [7, 11) is 0. The summed E-state index contributed by atoms with van der Waals surface area (Å²) in [5.74, 6) is 0. The topological polar surface area (TPSA) is 59.3 Å². The molecule has 17 heavy (non-hydrogen) atoms. The van der Waals surface area contributed by atoms with Crippen molar-refractivity contribution in [3.8, 4) is 0 Å². The normalized spacial score (nSPS) is 16.8. The molecule has 0 N–H and O–H groups in total. The lowest BCUT2D eigenvalue weighted by molar-refractivity contribution is -0.403. The number of nitrogens with zero attached hydrogens (tertiary/aromatic N) is 3. The standard InChI is InChI=1S/C10H8ClN3O2S/c11-9-2-1-8(5-12-9)6-13-3-4-17-10(13)7-14(15)16/h1-5,7H,6H2/b10-7+. The average molecular weight is 270 g/mol. The van der Waals surface area contributed by atoms with Crippen molar-refractivity contribution in [3.63, 3.8) is 0 Å².